The minimum Gasteiger partial charge on any atom is -0.452 e. The Kier molecular flexibility index (Phi) is 8.46. The van der Waals surface area contributed by atoms with Crippen LogP contribution in [0.15, 0.2) is 34.5 Å². The van der Waals surface area contributed by atoms with Gasteiger partial charge in [0.15, 0.2) is 6.61 Å². The normalized spacial score (nSPS) is 10.6. The van der Waals surface area contributed by atoms with E-state index in [2.05, 4.69) is 15.6 Å². The van der Waals surface area contributed by atoms with Crippen LogP contribution in [0, 0.1) is 12.8 Å². The average molecular weight is 422 g/mol. The van der Waals surface area contributed by atoms with Crippen molar-refractivity contribution < 1.29 is 19.1 Å². The maximum Gasteiger partial charge on any atom is 0.339 e. The van der Waals surface area contributed by atoms with E-state index in [4.69, 9.17) is 4.74 Å². The number of aromatic nitrogens is 1. The Balaban J connectivity index is 1.86. The van der Waals surface area contributed by atoms with Gasteiger partial charge in [-0.25, -0.2) is 14.6 Å². The second kappa shape index (κ2) is 10.8. The Hall–Kier alpha value is -2.39. The van der Waals surface area contributed by atoms with Crippen LogP contribution in [-0.2, 0) is 15.3 Å². The van der Waals surface area contributed by atoms with Crippen molar-refractivity contribution in [2.45, 2.75) is 31.4 Å². The molecule has 9 heteroatoms. The average Bonchev–Trinajstić information content (AvgIpc) is 3.08. The maximum absolute atomic E-state index is 12.4. The van der Waals surface area contributed by atoms with E-state index in [1.54, 1.807) is 23.5 Å². The molecule has 1 heterocycles. The number of amides is 3. The molecule has 0 bridgehead atoms. The summed E-state index contributed by atoms with van der Waals surface area (Å²) in [7, 11) is 0. The van der Waals surface area contributed by atoms with Crippen LogP contribution >= 0.6 is 23.1 Å². The minimum absolute atomic E-state index is 0.265. The third-order valence-corrected chi connectivity index (χ3v) is 5.34. The number of carbonyl (C=O) groups excluding carboxylic acids is 3. The molecule has 0 fully saturated rings. The predicted octanol–water partition coefficient (Wildman–Crippen LogP) is 3.38. The van der Waals surface area contributed by atoms with Gasteiger partial charge in [-0.3, -0.25) is 10.1 Å². The van der Waals surface area contributed by atoms with E-state index in [0.717, 1.165) is 15.6 Å². The lowest BCUT2D eigenvalue weighted by Gasteiger charge is -2.10. The number of esters is 1. The smallest absolute Gasteiger partial charge is 0.339 e. The summed E-state index contributed by atoms with van der Waals surface area (Å²) in [5.41, 5.74) is 1.32. The van der Waals surface area contributed by atoms with E-state index >= 15 is 0 Å². The molecule has 28 heavy (non-hydrogen) atoms. The molecule has 2 N–H and O–H groups in total. The molecule has 0 spiro atoms. The van der Waals surface area contributed by atoms with E-state index in [-0.39, 0.29) is 5.92 Å². The topological polar surface area (TPSA) is 97.4 Å². The largest absolute Gasteiger partial charge is 0.452 e. The van der Waals surface area contributed by atoms with Crippen LogP contribution in [0.5, 0.6) is 0 Å². The van der Waals surface area contributed by atoms with E-state index < -0.39 is 24.5 Å². The summed E-state index contributed by atoms with van der Waals surface area (Å²) in [4.78, 5) is 40.8. The highest BCUT2D eigenvalue weighted by Crippen LogP contribution is 2.27. The number of benzene rings is 1. The van der Waals surface area contributed by atoms with Crippen molar-refractivity contribution in [3.8, 4) is 0 Å². The van der Waals surface area contributed by atoms with Crippen LogP contribution in [0.1, 0.15) is 34.9 Å². The van der Waals surface area contributed by atoms with Crippen molar-refractivity contribution in [3.05, 3.63) is 45.9 Å². The standard InChI is InChI=1S/C19H23N3O4S2/c1-12(2)8-20-19(25)22-17(23)9-26-18(24)15-6-4-5-7-16(15)28-11-14-10-27-13(3)21-14/h4-7,10,12H,8-9,11H2,1-3H3,(H2,20,22,23,25). The van der Waals surface area contributed by atoms with Crippen molar-refractivity contribution in [2.75, 3.05) is 13.2 Å². The van der Waals surface area contributed by atoms with E-state index in [0.29, 0.717) is 17.9 Å². The third kappa shape index (κ3) is 7.32. The van der Waals surface area contributed by atoms with Crippen molar-refractivity contribution in [3.63, 3.8) is 0 Å². The first-order valence-corrected chi connectivity index (χ1v) is 10.6. The third-order valence-electron chi connectivity index (χ3n) is 3.41. The Morgan fingerprint density at radius 3 is 2.68 bits per heavy atom. The van der Waals surface area contributed by atoms with Gasteiger partial charge in [-0.15, -0.1) is 23.1 Å². The zero-order valence-corrected chi connectivity index (χ0v) is 17.6. The number of hydrogen-bond acceptors (Lipinski definition) is 7. The van der Waals surface area contributed by atoms with Gasteiger partial charge in [-0.2, -0.15) is 0 Å². The molecule has 1 aromatic heterocycles. The molecular weight excluding hydrogens is 398 g/mol. The monoisotopic (exact) mass is 421 g/mol. The fraction of sp³-hybridized carbons (Fsp3) is 0.368. The summed E-state index contributed by atoms with van der Waals surface area (Å²) in [6, 6.07) is 6.42. The number of thiazole rings is 1. The molecule has 0 aliphatic rings. The van der Waals surface area contributed by atoms with Crippen LogP contribution in [0.25, 0.3) is 0 Å². The van der Waals surface area contributed by atoms with Gasteiger partial charge < -0.3 is 10.1 Å². The molecule has 2 rings (SSSR count). The molecule has 0 aliphatic carbocycles. The molecular formula is C19H23N3O4S2. The Bertz CT molecular complexity index is 836. The molecule has 0 saturated carbocycles. The molecule has 2 aromatic rings. The number of thioether (sulfide) groups is 1. The highest BCUT2D eigenvalue weighted by atomic mass is 32.2. The summed E-state index contributed by atoms with van der Waals surface area (Å²) in [5.74, 6) is -0.403. The number of carbonyl (C=O) groups is 3. The maximum atomic E-state index is 12.4. The molecule has 0 aliphatic heterocycles. The Labute approximate surface area is 172 Å². The zero-order chi connectivity index (χ0) is 20.5. The fourth-order valence-electron chi connectivity index (χ4n) is 2.10. The first kappa shape index (κ1) is 21.9. The number of nitrogens with zero attached hydrogens (tertiary/aromatic N) is 1. The van der Waals surface area contributed by atoms with Gasteiger partial charge in [0.25, 0.3) is 5.91 Å². The molecule has 0 atom stereocenters. The van der Waals surface area contributed by atoms with Gasteiger partial charge >= 0.3 is 12.0 Å². The fourth-order valence-corrected chi connectivity index (χ4v) is 3.75. The molecule has 7 nitrogen and oxygen atoms in total. The van der Waals surface area contributed by atoms with Crippen molar-refractivity contribution in [1.29, 1.82) is 0 Å². The first-order chi connectivity index (χ1) is 13.3. The number of imide groups is 1. The summed E-state index contributed by atoms with van der Waals surface area (Å²) in [5, 5.41) is 7.66. The van der Waals surface area contributed by atoms with Crippen LogP contribution < -0.4 is 10.6 Å². The highest BCUT2D eigenvalue weighted by Gasteiger charge is 2.16. The van der Waals surface area contributed by atoms with Crippen molar-refractivity contribution in [2.24, 2.45) is 5.92 Å². The van der Waals surface area contributed by atoms with Gasteiger partial charge in [0.05, 0.1) is 16.3 Å². The second-order valence-corrected chi connectivity index (χ2v) is 8.45. The first-order valence-electron chi connectivity index (χ1n) is 8.72. The van der Waals surface area contributed by atoms with Gasteiger partial charge in [-0.1, -0.05) is 26.0 Å². The van der Waals surface area contributed by atoms with Crippen molar-refractivity contribution >= 4 is 41.0 Å². The quantitative estimate of drug-likeness (QED) is 0.501. The SMILES string of the molecule is Cc1nc(CSc2ccccc2C(=O)OCC(=O)NC(=O)NCC(C)C)cs1. The minimum atomic E-state index is -0.683. The molecule has 1 aromatic carbocycles. The number of ether oxygens (including phenoxy) is 1. The van der Waals surface area contributed by atoms with Crippen molar-refractivity contribution in [1.82, 2.24) is 15.6 Å². The Morgan fingerprint density at radius 2 is 2.00 bits per heavy atom. The summed E-state index contributed by atoms with van der Waals surface area (Å²) in [6.45, 7) is 5.74. The van der Waals surface area contributed by atoms with Gasteiger partial charge in [0.1, 0.15) is 0 Å². The van der Waals surface area contributed by atoms with E-state index in [9.17, 15) is 14.4 Å². The van der Waals surface area contributed by atoms with E-state index in [1.165, 1.54) is 11.8 Å². The summed E-state index contributed by atoms with van der Waals surface area (Å²) < 4.78 is 5.06. The van der Waals surface area contributed by atoms with Gasteiger partial charge in [0.2, 0.25) is 0 Å². The molecule has 150 valence electrons. The number of nitrogens with one attached hydrogen (secondary N) is 2. The highest BCUT2D eigenvalue weighted by molar-refractivity contribution is 7.98. The molecule has 0 unspecified atom stereocenters. The molecule has 3 amide bonds. The number of hydrogen-bond donors (Lipinski definition) is 2. The number of urea groups is 1. The van der Waals surface area contributed by atoms with Crippen LogP contribution in [0.2, 0.25) is 0 Å². The van der Waals surface area contributed by atoms with Gasteiger partial charge in [-0.05, 0) is 25.0 Å². The molecule has 0 radical (unpaired) electrons. The second-order valence-electron chi connectivity index (χ2n) is 6.37. The lowest BCUT2D eigenvalue weighted by Crippen LogP contribution is -2.42. The number of rotatable bonds is 8. The zero-order valence-electron chi connectivity index (χ0n) is 16.0. The lowest BCUT2D eigenvalue weighted by atomic mass is 10.2. The predicted molar refractivity (Wildman–Crippen MR) is 110 cm³/mol. The molecule has 0 saturated heterocycles. The summed E-state index contributed by atoms with van der Waals surface area (Å²) >= 11 is 3.05. The summed E-state index contributed by atoms with van der Waals surface area (Å²) in [6.07, 6.45) is 0. The van der Waals surface area contributed by atoms with Crippen LogP contribution in [-0.4, -0.2) is 36.0 Å². The number of aryl methyl sites for hydroxylation is 1. The van der Waals surface area contributed by atoms with E-state index in [1.807, 2.05) is 38.3 Å². The van der Waals surface area contributed by atoms with Crippen LogP contribution in [0.4, 0.5) is 4.79 Å². The van der Waals surface area contributed by atoms with Gasteiger partial charge in [0, 0.05) is 22.6 Å². The van der Waals surface area contributed by atoms with Crippen LogP contribution in [0.3, 0.4) is 0 Å². The Morgan fingerprint density at radius 1 is 1.25 bits per heavy atom. The lowest BCUT2D eigenvalue weighted by molar-refractivity contribution is -0.123.